The van der Waals surface area contributed by atoms with Crippen LogP contribution in [0.5, 0.6) is 0 Å². The molecule has 1 aliphatic heterocycles. The van der Waals surface area contributed by atoms with E-state index in [0.29, 0.717) is 20.1 Å². The Morgan fingerprint density at radius 1 is 1.24 bits per heavy atom. The lowest BCUT2D eigenvalue weighted by Crippen LogP contribution is -2.31. The zero-order chi connectivity index (χ0) is 20.2. The van der Waals surface area contributed by atoms with Gasteiger partial charge in [0.25, 0.3) is 5.91 Å². The molecule has 0 aliphatic carbocycles. The summed E-state index contributed by atoms with van der Waals surface area (Å²) in [6, 6.07) is 13.3. The third kappa shape index (κ3) is 4.64. The van der Waals surface area contributed by atoms with Crippen LogP contribution in [0.25, 0.3) is 17.3 Å². The fourth-order valence-electron chi connectivity index (χ4n) is 2.66. The van der Waals surface area contributed by atoms with Gasteiger partial charge in [0.15, 0.2) is 5.13 Å². The second-order valence-electron chi connectivity index (χ2n) is 6.05. The van der Waals surface area contributed by atoms with Gasteiger partial charge in [-0.05, 0) is 12.1 Å². The molecule has 0 saturated carbocycles. The van der Waals surface area contributed by atoms with Gasteiger partial charge in [0.1, 0.15) is 10.1 Å². The van der Waals surface area contributed by atoms with Crippen molar-refractivity contribution < 1.29 is 14.0 Å². The van der Waals surface area contributed by atoms with Crippen LogP contribution in [0.4, 0.5) is 5.13 Å². The Hall–Kier alpha value is -2.75. The fraction of sp³-hybridized carbons (Fsp3) is 0.100. The van der Waals surface area contributed by atoms with Gasteiger partial charge in [-0.2, -0.15) is 0 Å². The van der Waals surface area contributed by atoms with E-state index >= 15 is 0 Å². The summed E-state index contributed by atoms with van der Waals surface area (Å²) in [5.41, 5.74) is 1.80. The van der Waals surface area contributed by atoms with E-state index in [1.165, 1.54) is 28.0 Å². The maximum absolute atomic E-state index is 12.5. The number of hydrogen-bond donors (Lipinski definition) is 1. The third-order valence-electron chi connectivity index (χ3n) is 4.07. The molecule has 0 bridgehead atoms. The Morgan fingerprint density at radius 3 is 2.83 bits per heavy atom. The molecule has 6 nitrogen and oxygen atoms in total. The zero-order valence-corrected chi connectivity index (χ0v) is 17.5. The highest BCUT2D eigenvalue weighted by atomic mass is 32.2. The predicted octanol–water partition coefficient (Wildman–Crippen LogP) is 4.63. The van der Waals surface area contributed by atoms with E-state index in [1.807, 2.05) is 35.7 Å². The van der Waals surface area contributed by atoms with Crippen molar-refractivity contribution in [2.24, 2.45) is 0 Å². The molecule has 4 rings (SSSR count). The quantitative estimate of drug-likeness (QED) is 0.444. The number of thiazole rings is 1. The first-order chi connectivity index (χ1) is 14.1. The lowest BCUT2D eigenvalue weighted by Gasteiger charge is -2.13. The first-order valence-electron chi connectivity index (χ1n) is 8.70. The molecule has 3 heterocycles. The van der Waals surface area contributed by atoms with Crippen molar-refractivity contribution in [3.63, 3.8) is 0 Å². The highest BCUT2D eigenvalue weighted by molar-refractivity contribution is 8.26. The molecule has 9 heteroatoms. The van der Waals surface area contributed by atoms with Crippen LogP contribution in [0, 0.1) is 0 Å². The van der Waals surface area contributed by atoms with Crippen LogP contribution in [-0.4, -0.2) is 32.6 Å². The van der Waals surface area contributed by atoms with Crippen molar-refractivity contribution in [1.82, 2.24) is 9.88 Å². The minimum Gasteiger partial charge on any atom is -0.465 e. The van der Waals surface area contributed by atoms with Crippen molar-refractivity contribution in [2.45, 2.75) is 6.42 Å². The summed E-state index contributed by atoms with van der Waals surface area (Å²) in [5.74, 6) is 0.147. The Kier molecular flexibility index (Phi) is 5.89. The van der Waals surface area contributed by atoms with E-state index in [4.69, 9.17) is 16.6 Å². The molecule has 2 amide bonds. The second kappa shape index (κ2) is 8.73. The summed E-state index contributed by atoms with van der Waals surface area (Å²) >= 11 is 7.85. The number of hydrogen-bond acceptors (Lipinski definition) is 7. The number of carbonyl (C=O) groups is 2. The Labute approximate surface area is 180 Å². The van der Waals surface area contributed by atoms with Crippen LogP contribution in [0.3, 0.4) is 0 Å². The predicted molar refractivity (Wildman–Crippen MR) is 119 cm³/mol. The maximum atomic E-state index is 12.5. The van der Waals surface area contributed by atoms with Gasteiger partial charge in [-0.15, -0.1) is 11.3 Å². The number of thiocarbonyl (C=S) groups is 1. The first kappa shape index (κ1) is 19.6. The van der Waals surface area contributed by atoms with Crippen LogP contribution in [0.15, 0.2) is 63.4 Å². The Morgan fingerprint density at radius 2 is 2.07 bits per heavy atom. The maximum Gasteiger partial charge on any atom is 0.266 e. The molecular formula is C20H15N3O3S3. The minimum atomic E-state index is -0.219. The first-order valence-corrected chi connectivity index (χ1v) is 10.8. The van der Waals surface area contributed by atoms with Crippen molar-refractivity contribution in [3.8, 4) is 11.3 Å². The smallest absolute Gasteiger partial charge is 0.266 e. The Bertz CT molecular complexity index is 1070. The highest BCUT2D eigenvalue weighted by Gasteiger charge is 2.32. The number of aromatic nitrogens is 1. The molecule has 3 aromatic rings. The van der Waals surface area contributed by atoms with Crippen LogP contribution >= 0.6 is 35.3 Å². The number of anilines is 1. The largest absolute Gasteiger partial charge is 0.465 e. The van der Waals surface area contributed by atoms with Gasteiger partial charge in [0.2, 0.25) is 5.91 Å². The van der Waals surface area contributed by atoms with Gasteiger partial charge in [0, 0.05) is 30.0 Å². The van der Waals surface area contributed by atoms with Gasteiger partial charge >= 0.3 is 0 Å². The van der Waals surface area contributed by atoms with Crippen LogP contribution < -0.4 is 5.32 Å². The second-order valence-corrected chi connectivity index (χ2v) is 8.58. The van der Waals surface area contributed by atoms with E-state index in [9.17, 15) is 9.59 Å². The van der Waals surface area contributed by atoms with Crippen LogP contribution in [0.1, 0.15) is 12.2 Å². The molecule has 0 radical (unpaired) electrons. The van der Waals surface area contributed by atoms with Crippen LogP contribution in [0.2, 0.25) is 0 Å². The van der Waals surface area contributed by atoms with Gasteiger partial charge < -0.3 is 9.73 Å². The van der Waals surface area contributed by atoms with Crippen molar-refractivity contribution in [2.75, 3.05) is 11.9 Å². The number of thioether (sulfide) groups is 1. The lowest BCUT2D eigenvalue weighted by molar-refractivity contribution is -0.122. The van der Waals surface area contributed by atoms with Crippen molar-refractivity contribution in [1.29, 1.82) is 0 Å². The van der Waals surface area contributed by atoms with Gasteiger partial charge in [-0.25, -0.2) is 4.98 Å². The highest BCUT2D eigenvalue weighted by Crippen LogP contribution is 2.32. The Balaban J connectivity index is 1.33. The summed E-state index contributed by atoms with van der Waals surface area (Å²) in [7, 11) is 0. The van der Waals surface area contributed by atoms with Crippen LogP contribution in [-0.2, 0) is 9.59 Å². The molecule has 1 saturated heterocycles. The normalized spacial score (nSPS) is 15.3. The fourth-order valence-corrected chi connectivity index (χ4v) is 4.69. The molecule has 1 N–H and O–H groups in total. The number of furan rings is 1. The van der Waals surface area contributed by atoms with Gasteiger partial charge in [-0.1, -0.05) is 54.3 Å². The molecule has 1 fully saturated rings. The number of carbonyl (C=O) groups excluding carboxylic acids is 2. The number of amides is 2. The van der Waals surface area contributed by atoms with E-state index in [2.05, 4.69) is 10.3 Å². The van der Waals surface area contributed by atoms with Crippen molar-refractivity contribution in [3.05, 3.63) is 64.8 Å². The molecule has 1 aliphatic rings. The van der Waals surface area contributed by atoms with E-state index in [0.717, 1.165) is 11.3 Å². The molecule has 29 heavy (non-hydrogen) atoms. The zero-order valence-electron chi connectivity index (χ0n) is 15.0. The van der Waals surface area contributed by atoms with Gasteiger partial charge in [0.05, 0.1) is 16.9 Å². The van der Waals surface area contributed by atoms with E-state index in [-0.39, 0.29) is 24.8 Å². The standard InChI is InChI=1S/C20H15N3O3S3/c24-17(22-19-21-15(12-28-19)13-5-2-1-3-6-13)8-9-23-18(25)16(29-20(23)27)11-14-7-4-10-26-14/h1-7,10-12H,8-9H2,(H,21,22,24). The van der Waals surface area contributed by atoms with E-state index < -0.39 is 0 Å². The summed E-state index contributed by atoms with van der Waals surface area (Å²) in [6.07, 6.45) is 3.32. The number of nitrogens with one attached hydrogen (secondary N) is 1. The third-order valence-corrected chi connectivity index (χ3v) is 6.21. The number of rotatable bonds is 6. The lowest BCUT2D eigenvalue weighted by atomic mass is 10.2. The minimum absolute atomic E-state index is 0.126. The van der Waals surface area contributed by atoms with Gasteiger partial charge in [-0.3, -0.25) is 14.5 Å². The number of nitrogens with zero attached hydrogens (tertiary/aromatic N) is 2. The average molecular weight is 442 g/mol. The summed E-state index contributed by atoms with van der Waals surface area (Å²) < 4.78 is 5.67. The summed E-state index contributed by atoms with van der Waals surface area (Å²) in [5, 5.41) is 5.20. The summed E-state index contributed by atoms with van der Waals surface area (Å²) in [4.78, 5) is 31.2. The molecule has 2 aromatic heterocycles. The summed E-state index contributed by atoms with van der Waals surface area (Å²) in [6.45, 7) is 0.211. The monoisotopic (exact) mass is 441 g/mol. The molecular weight excluding hydrogens is 426 g/mol. The topological polar surface area (TPSA) is 75.4 Å². The SMILES string of the molecule is O=C(CCN1C(=O)C(=Cc2ccco2)SC1=S)Nc1nc(-c2ccccc2)cs1. The van der Waals surface area contributed by atoms with Crippen molar-refractivity contribution >= 4 is 62.7 Å². The molecule has 0 spiro atoms. The average Bonchev–Trinajstić information content (AvgIpc) is 3.45. The molecule has 1 aromatic carbocycles. The molecule has 0 unspecified atom stereocenters. The van der Waals surface area contributed by atoms with E-state index in [1.54, 1.807) is 24.5 Å². The molecule has 146 valence electrons. The number of benzene rings is 1. The molecule has 0 atom stereocenters.